The van der Waals surface area contributed by atoms with Crippen molar-refractivity contribution in [1.82, 2.24) is 0 Å². The van der Waals surface area contributed by atoms with Crippen LogP contribution in [0, 0.1) is 0 Å². The van der Waals surface area contributed by atoms with Crippen LogP contribution in [0.15, 0.2) is 46.9 Å². The summed E-state index contributed by atoms with van der Waals surface area (Å²) in [4.78, 5) is 4.75. The van der Waals surface area contributed by atoms with Crippen LogP contribution in [-0.4, -0.2) is 26.2 Å². The molecule has 0 unspecified atom stereocenters. The second kappa shape index (κ2) is 6.16. The largest absolute Gasteiger partial charge is 0.399 e. The van der Waals surface area contributed by atoms with E-state index in [-0.39, 0.29) is 0 Å². The smallest absolute Gasteiger partial charge is 0.0513 e. The molecule has 2 aromatic carbocycles. The van der Waals surface area contributed by atoms with Crippen molar-refractivity contribution in [3.8, 4) is 0 Å². The van der Waals surface area contributed by atoms with Crippen LogP contribution < -0.4 is 15.5 Å². The third-order valence-electron chi connectivity index (χ3n) is 3.77. The van der Waals surface area contributed by atoms with E-state index >= 15 is 0 Å². The molecule has 0 amide bonds. The first-order valence-corrected chi connectivity index (χ1v) is 8.11. The zero-order valence-corrected chi connectivity index (χ0v) is 13.9. The van der Waals surface area contributed by atoms with Crippen molar-refractivity contribution in [2.75, 3.05) is 41.7 Å². The molecule has 3 rings (SSSR count). The number of hydrogen-bond donors (Lipinski definition) is 1. The van der Waals surface area contributed by atoms with Gasteiger partial charge in [-0.25, -0.2) is 0 Å². The summed E-state index contributed by atoms with van der Waals surface area (Å²) in [5.74, 6) is 0. The lowest BCUT2D eigenvalue weighted by Gasteiger charge is -2.37. The Kier molecular flexibility index (Phi) is 4.27. The van der Waals surface area contributed by atoms with E-state index in [4.69, 9.17) is 17.3 Å². The predicted molar refractivity (Wildman–Crippen MR) is 94.4 cm³/mol. The fraction of sp³-hybridized carbons (Fsp3) is 0.250. The van der Waals surface area contributed by atoms with Crippen molar-refractivity contribution < 1.29 is 0 Å². The van der Waals surface area contributed by atoms with Crippen molar-refractivity contribution in [2.24, 2.45) is 0 Å². The summed E-state index contributed by atoms with van der Waals surface area (Å²) in [5, 5.41) is 0.788. The molecule has 0 saturated carbocycles. The normalized spacial score (nSPS) is 15.3. The average Bonchev–Trinajstić information content (AvgIpc) is 2.47. The maximum atomic E-state index is 6.07. The third kappa shape index (κ3) is 3.27. The highest BCUT2D eigenvalue weighted by atomic mass is 79.9. The first kappa shape index (κ1) is 14.5. The SMILES string of the molecule is Nc1ccc(N2CCN(c3cccc(Cl)c3)CC2)c(Br)c1. The van der Waals surface area contributed by atoms with Gasteiger partial charge in [-0.2, -0.15) is 0 Å². The first-order valence-electron chi connectivity index (χ1n) is 6.94. The molecule has 0 atom stereocenters. The topological polar surface area (TPSA) is 32.5 Å². The highest BCUT2D eigenvalue weighted by Crippen LogP contribution is 2.30. The van der Waals surface area contributed by atoms with Crippen LogP contribution in [0.5, 0.6) is 0 Å². The molecule has 2 aromatic rings. The molecule has 2 N–H and O–H groups in total. The van der Waals surface area contributed by atoms with Gasteiger partial charge in [0.25, 0.3) is 0 Å². The summed E-state index contributed by atoms with van der Waals surface area (Å²) in [5.41, 5.74) is 8.98. The van der Waals surface area contributed by atoms with E-state index in [1.165, 1.54) is 11.4 Å². The number of nitrogens with two attached hydrogens (primary N) is 1. The molecule has 0 aromatic heterocycles. The summed E-state index contributed by atoms with van der Waals surface area (Å²) >= 11 is 9.67. The van der Waals surface area contributed by atoms with Gasteiger partial charge in [0.15, 0.2) is 0 Å². The maximum Gasteiger partial charge on any atom is 0.0513 e. The van der Waals surface area contributed by atoms with E-state index in [1.54, 1.807) is 0 Å². The summed E-state index contributed by atoms with van der Waals surface area (Å²) in [6, 6.07) is 14.0. The monoisotopic (exact) mass is 365 g/mol. The average molecular weight is 367 g/mol. The Hall–Kier alpha value is -1.39. The fourth-order valence-corrected chi connectivity index (χ4v) is 3.49. The standard InChI is InChI=1S/C16H17BrClN3/c17-15-11-13(19)4-5-16(15)21-8-6-20(7-9-21)14-3-1-2-12(18)10-14/h1-5,10-11H,6-9,19H2. The van der Waals surface area contributed by atoms with Crippen LogP contribution in [0.25, 0.3) is 0 Å². The zero-order valence-electron chi connectivity index (χ0n) is 11.6. The molecule has 1 saturated heterocycles. The number of anilines is 3. The number of hydrogen-bond acceptors (Lipinski definition) is 3. The van der Waals surface area contributed by atoms with Crippen LogP contribution in [0.2, 0.25) is 5.02 Å². The molecule has 0 spiro atoms. The van der Waals surface area contributed by atoms with Crippen molar-refractivity contribution in [3.63, 3.8) is 0 Å². The van der Waals surface area contributed by atoms with Crippen LogP contribution in [-0.2, 0) is 0 Å². The molecule has 0 radical (unpaired) electrons. The van der Waals surface area contributed by atoms with Gasteiger partial charge in [-0.1, -0.05) is 17.7 Å². The molecule has 0 aliphatic carbocycles. The fourth-order valence-electron chi connectivity index (χ4n) is 2.66. The van der Waals surface area contributed by atoms with Gasteiger partial charge in [0.2, 0.25) is 0 Å². The number of benzene rings is 2. The quantitative estimate of drug-likeness (QED) is 0.815. The van der Waals surface area contributed by atoms with Gasteiger partial charge in [0.1, 0.15) is 0 Å². The minimum Gasteiger partial charge on any atom is -0.399 e. The number of halogens is 2. The van der Waals surface area contributed by atoms with E-state index in [2.05, 4.69) is 37.9 Å². The van der Waals surface area contributed by atoms with Gasteiger partial charge in [-0.3, -0.25) is 0 Å². The minimum absolute atomic E-state index is 0.781. The molecule has 110 valence electrons. The lowest BCUT2D eigenvalue weighted by atomic mass is 10.2. The van der Waals surface area contributed by atoms with Crippen LogP contribution in [0.3, 0.4) is 0 Å². The number of piperazine rings is 1. The molecule has 0 bridgehead atoms. The highest BCUT2D eigenvalue weighted by Gasteiger charge is 2.19. The summed E-state index contributed by atoms with van der Waals surface area (Å²) < 4.78 is 1.05. The molecule has 3 nitrogen and oxygen atoms in total. The maximum absolute atomic E-state index is 6.07. The second-order valence-electron chi connectivity index (χ2n) is 5.16. The Bertz CT molecular complexity index is 639. The van der Waals surface area contributed by atoms with Crippen molar-refractivity contribution in [1.29, 1.82) is 0 Å². The number of nitrogen functional groups attached to an aromatic ring is 1. The molecule has 1 heterocycles. The lowest BCUT2D eigenvalue weighted by molar-refractivity contribution is 0.653. The Labute approximate surface area is 138 Å². The van der Waals surface area contributed by atoms with Crippen molar-refractivity contribution in [3.05, 3.63) is 52.0 Å². The van der Waals surface area contributed by atoms with Crippen molar-refractivity contribution in [2.45, 2.75) is 0 Å². The number of nitrogens with zero attached hydrogens (tertiary/aromatic N) is 2. The Morgan fingerprint density at radius 3 is 2.33 bits per heavy atom. The Balaban J connectivity index is 1.70. The number of rotatable bonds is 2. The predicted octanol–water partition coefficient (Wildman–Crippen LogP) is 4.01. The summed E-state index contributed by atoms with van der Waals surface area (Å²) in [6.45, 7) is 3.93. The van der Waals surface area contributed by atoms with Crippen LogP contribution in [0.4, 0.5) is 17.1 Å². The molecular weight excluding hydrogens is 350 g/mol. The van der Waals surface area contributed by atoms with E-state index in [0.29, 0.717) is 0 Å². The van der Waals surface area contributed by atoms with Gasteiger partial charge in [0, 0.05) is 47.0 Å². The summed E-state index contributed by atoms with van der Waals surface area (Å²) in [7, 11) is 0. The van der Waals surface area contributed by atoms with Gasteiger partial charge < -0.3 is 15.5 Å². The van der Waals surface area contributed by atoms with Crippen molar-refractivity contribution >= 4 is 44.6 Å². The van der Waals surface area contributed by atoms with Gasteiger partial charge in [-0.15, -0.1) is 0 Å². The molecule has 5 heteroatoms. The second-order valence-corrected chi connectivity index (χ2v) is 6.46. The molecular formula is C16H17BrClN3. The van der Waals surface area contributed by atoms with Crippen LogP contribution >= 0.6 is 27.5 Å². The van der Waals surface area contributed by atoms with Gasteiger partial charge in [0.05, 0.1) is 5.69 Å². The van der Waals surface area contributed by atoms with E-state index in [0.717, 1.165) is 41.4 Å². The lowest BCUT2D eigenvalue weighted by Crippen LogP contribution is -2.46. The molecule has 1 aliphatic heterocycles. The first-order chi connectivity index (χ1) is 10.1. The Morgan fingerprint density at radius 1 is 0.952 bits per heavy atom. The van der Waals surface area contributed by atoms with E-state index in [1.807, 2.05) is 30.3 Å². The third-order valence-corrected chi connectivity index (χ3v) is 4.64. The molecule has 21 heavy (non-hydrogen) atoms. The highest BCUT2D eigenvalue weighted by molar-refractivity contribution is 9.10. The van der Waals surface area contributed by atoms with Gasteiger partial charge in [-0.05, 0) is 52.3 Å². The summed E-state index contributed by atoms with van der Waals surface area (Å²) in [6.07, 6.45) is 0. The molecule has 1 fully saturated rings. The molecule has 1 aliphatic rings. The van der Waals surface area contributed by atoms with Gasteiger partial charge >= 0.3 is 0 Å². The van der Waals surface area contributed by atoms with E-state index in [9.17, 15) is 0 Å². The van der Waals surface area contributed by atoms with E-state index < -0.39 is 0 Å². The zero-order chi connectivity index (χ0) is 14.8. The minimum atomic E-state index is 0.781. The Morgan fingerprint density at radius 2 is 1.67 bits per heavy atom. The van der Waals surface area contributed by atoms with Crippen LogP contribution in [0.1, 0.15) is 0 Å².